The third-order valence-electron chi connectivity index (χ3n) is 2.60. The summed E-state index contributed by atoms with van der Waals surface area (Å²) in [6, 6.07) is 6.73. The highest BCUT2D eigenvalue weighted by Gasteiger charge is 2.08. The van der Waals surface area contributed by atoms with Gasteiger partial charge in [0, 0.05) is 28.2 Å². The predicted octanol–water partition coefficient (Wildman–Crippen LogP) is 3.53. The average Bonchev–Trinajstić information content (AvgIpc) is 2.59. The molecule has 0 atom stereocenters. The number of fused-ring (bicyclic) bond motifs is 1. The van der Waals surface area contributed by atoms with Crippen LogP contribution in [0.15, 0.2) is 29.3 Å². The normalized spacial score (nSPS) is 11.5. The summed E-state index contributed by atoms with van der Waals surface area (Å²) in [6.45, 7) is 4.36. The van der Waals surface area contributed by atoms with Gasteiger partial charge in [-0.05, 0) is 38.3 Å². The zero-order valence-electron chi connectivity index (χ0n) is 9.32. The van der Waals surface area contributed by atoms with E-state index in [4.69, 9.17) is 5.73 Å². The highest BCUT2D eigenvalue weighted by molar-refractivity contribution is 7.98. The van der Waals surface area contributed by atoms with Crippen molar-refractivity contribution in [2.45, 2.75) is 24.8 Å². The number of aromatic nitrogens is 1. The molecule has 0 bridgehead atoms. The van der Waals surface area contributed by atoms with E-state index in [1.165, 1.54) is 15.8 Å². The van der Waals surface area contributed by atoms with E-state index in [2.05, 4.69) is 43.0 Å². The number of thioether (sulfide) groups is 1. The minimum atomic E-state index is 0.471. The van der Waals surface area contributed by atoms with Gasteiger partial charge in [-0.1, -0.05) is 0 Å². The van der Waals surface area contributed by atoms with Gasteiger partial charge < -0.3 is 10.3 Å². The Labute approximate surface area is 94.5 Å². The van der Waals surface area contributed by atoms with E-state index in [0.717, 1.165) is 5.69 Å². The Morgan fingerprint density at radius 2 is 2.07 bits per heavy atom. The topological polar surface area (TPSA) is 30.9 Å². The number of nitrogen functional groups attached to an aromatic ring is 1. The van der Waals surface area contributed by atoms with Crippen LogP contribution in [0, 0.1) is 0 Å². The van der Waals surface area contributed by atoms with E-state index in [-0.39, 0.29) is 0 Å². The largest absolute Gasteiger partial charge is 0.399 e. The molecular weight excluding hydrogens is 204 g/mol. The van der Waals surface area contributed by atoms with Crippen molar-refractivity contribution < 1.29 is 0 Å². The van der Waals surface area contributed by atoms with Crippen LogP contribution >= 0.6 is 11.8 Å². The molecule has 0 aliphatic rings. The molecule has 1 heterocycles. The molecule has 0 radical (unpaired) electrons. The predicted molar refractivity (Wildman–Crippen MR) is 68.5 cm³/mol. The standard InChI is InChI=1S/C12H16N2S/c1-8(2)14-5-4-10-11(14)6-9(13)7-12(10)15-3/h4-8H,13H2,1-3H3. The molecule has 80 valence electrons. The van der Waals surface area contributed by atoms with Crippen molar-refractivity contribution in [2.24, 2.45) is 0 Å². The Kier molecular flexibility index (Phi) is 2.65. The molecule has 2 N–H and O–H groups in total. The maximum absolute atomic E-state index is 5.90. The Morgan fingerprint density at radius 3 is 2.67 bits per heavy atom. The lowest BCUT2D eigenvalue weighted by atomic mass is 10.2. The molecule has 0 saturated carbocycles. The van der Waals surface area contributed by atoms with Crippen molar-refractivity contribution in [3.05, 3.63) is 24.4 Å². The fraction of sp³-hybridized carbons (Fsp3) is 0.333. The summed E-state index contributed by atoms with van der Waals surface area (Å²) in [7, 11) is 0. The Hall–Kier alpha value is -1.09. The summed E-state index contributed by atoms with van der Waals surface area (Å²) < 4.78 is 2.26. The van der Waals surface area contributed by atoms with Gasteiger partial charge >= 0.3 is 0 Å². The van der Waals surface area contributed by atoms with E-state index in [9.17, 15) is 0 Å². The number of hydrogen-bond donors (Lipinski definition) is 1. The quantitative estimate of drug-likeness (QED) is 0.620. The van der Waals surface area contributed by atoms with Gasteiger partial charge in [0.05, 0.1) is 5.52 Å². The fourth-order valence-electron chi connectivity index (χ4n) is 1.87. The smallest absolute Gasteiger partial charge is 0.0514 e. The fourth-order valence-corrected chi connectivity index (χ4v) is 2.51. The van der Waals surface area contributed by atoms with Gasteiger partial charge in [0.15, 0.2) is 0 Å². The minimum absolute atomic E-state index is 0.471. The highest BCUT2D eigenvalue weighted by Crippen LogP contribution is 2.31. The van der Waals surface area contributed by atoms with Crippen molar-refractivity contribution >= 4 is 28.4 Å². The van der Waals surface area contributed by atoms with Gasteiger partial charge in [0.1, 0.15) is 0 Å². The first-order valence-corrected chi connectivity index (χ1v) is 6.30. The molecule has 2 aromatic rings. The van der Waals surface area contributed by atoms with Crippen LogP contribution in [0.5, 0.6) is 0 Å². The molecule has 0 saturated heterocycles. The van der Waals surface area contributed by atoms with Crippen molar-refractivity contribution in [2.75, 3.05) is 12.0 Å². The molecule has 0 spiro atoms. The number of hydrogen-bond acceptors (Lipinski definition) is 2. The number of benzene rings is 1. The molecule has 0 fully saturated rings. The molecule has 1 aromatic heterocycles. The number of nitrogens with two attached hydrogens (primary N) is 1. The molecule has 2 rings (SSSR count). The minimum Gasteiger partial charge on any atom is -0.399 e. The molecule has 1 aromatic carbocycles. The molecule has 0 amide bonds. The first-order chi connectivity index (χ1) is 7.13. The lowest BCUT2D eigenvalue weighted by Gasteiger charge is -2.10. The van der Waals surface area contributed by atoms with E-state index in [0.29, 0.717) is 6.04 Å². The van der Waals surface area contributed by atoms with Crippen LogP contribution in [-0.4, -0.2) is 10.8 Å². The van der Waals surface area contributed by atoms with Gasteiger partial charge in [0.25, 0.3) is 0 Å². The first kappa shape index (κ1) is 10.4. The average molecular weight is 220 g/mol. The summed E-state index contributed by atoms with van der Waals surface area (Å²) >= 11 is 1.74. The maximum atomic E-state index is 5.90. The van der Waals surface area contributed by atoms with E-state index in [1.54, 1.807) is 11.8 Å². The number of rotatable bonds is 2. The highest BCUT2D eigenvalue weighted by atomic mass is 32.2. The molecule has 0 aliphatic carbocycles. The van der Waals surface area contributed by atoms with Crippen LogP contribution < -0.4 is 5.73 Å². The third kappa shape index (κ3) is 1.72. The van der Waals surface area contributed by atoms with Gasteiger partial charge in [-0.15, -0.1) is 11.8 Å². The van der Waals surface area contributed by atoms with Crippen molar-refractivity contribution in [1.82, 2.24) is 4.57 Å². The third-order valence-corrected chi connectivity index (χ3v) is 3.38. The first-order valence-electron chi connectivity index (χ1n) is 5.07. The summed E-state index contributed by atoms with van der Waals surface area (Å²) in [6.07, 6.45) is 4.22. The lowest BCUT2D eigenvalue weighted by Crippen LogP contribution is -1.98. The van der Waals surface area contributed by atoms with Crippen LogP contribution in [0.1, 0.15) is 19.9 Å². The van der Waals surface area contributed by atoms with Crippen molar-refractivity contribution in [3.63, 3.8) is 0 Å². The summed E-state index contributed by atoms with van der Waals surface area (Å²) in [5.74, 6) is 0. The van der Waals surface area contributed by atoms with E-state index in [1.807, 2.05) is 6.07 Å². The van der Waals surface area contributed by atoms with Gasteiger partial charge in [-0.3, -0.25) is 0 Å². The Bertz CT molecular complexity index is 486. The van der Waals surface area contributed by atoms with Gasteiger partial charge in [-0.2, -0.15) is 0 Å². The zero-order valence-corrected chi connectivity index (χ0v) is 10.1. The molecular formula is C12H16N2S. The van der Waals surface area contributed by atoms with Crippen LogP contribution in [0.2, 0.25) is 0 Å². The second-order valence-electron chi connectivity index (χ2n) is 3.97. The maximum Gasteiger partial charge on any atom is 0.0514 e. The number of anilines is 1. The zero-order chi connectivity index (χ0) is 11.0. The van der Waals surface area contributed by atoms with Gasteiger partial charge in [0.2, 0.25) is 0 Å². The van der Waals surface area contributed by atoms with Crippen LogP contribution in [0.3, 0.4) is 0 Å². The van der Waals surface area contributed by atoms with E-state index >= 15 is 0 Å². The monoisotopic (exact) mass is 220 g/mol. The summed E-state index contributed by atoms with van der Waals surface area (Å²) in [4.78, 5) is 1.25. The lowest BCUT2D eigenvalue weighted by molar-refractivity contribution is 0.623. The molecule has 2 nitrogen and oxygen atoms in total. The second kappa shape index (κ2) is 3.81. The molecule has 3 heteroatoms. The van der Waals surface area contributed by atoms with Crippen molar-refractivity contribution in [3.8, 4) is 0 Å². The molecule has 15 heavy (non-hydrogen) atoms. The van der Waals surface area contributed by atoms with Gasteiger partial charge in [-0.25, -0.2) is 0 Å². The summed E-state index contributed by atoms with van der Waals surface area (Å²) in [5, 5.41) is 1.30. The Balaban J connectivity index is 2.75. The second-order valence-corrected chi connectivity index (χ2v) is 4.82. The molecule has 0 unspecified atom stereocenters. The summed E-state index contributed by atoms with van der Waals surface area (Å²) in [5.41, 5.74) is 7.97. The van der Waals surface area contributed by atoms with Crippen LogP contribution in [0.25, 0.3) is 10.9 Å². The molecule has 0 aliphatic heterocycles. The SMILES string of the molecule is CSc1cc(N)cc2c1ccn2C(C)C. The van der Waals surface area contributed by atoms with Crippen LogP contribution in [0.4, 0.5) is 5.69 Å². The van der Waals surface area contributed by atoms with E-state index < -0.39 is 0 Å². The number of nitrogens with zero attached hydrogens (tertiary/aromatic N) is 1. The van der Waals surface area contributed by atoms with Crippen molar-refractivity contribution in [1.29, 1.82) is 0 Å². The Morgan fingerprint density at radius 1 is 1.33 bits per heavy atom. The van der Waals surface area contributed by atoms with Crippen LogP contribution in [-0.2, 0) is 0 Å².